The highest BCUT2D eigenvalue weighted by atomic mass is 35.5. The van der Waals surface area contributed by atoms with Crippen molar-refractivity contribution in [3.05, 3.63) is 59.1 Å². The lowest BCUT2D eigenvalue weighted by Crippen LogP contribution is -2.41. The van der Waals surface area contributed by atoms with E-state index in [1.807, 2.05) is 36.4 Å². The molecule has 10 heteroatoms. The summed E-state index contributed by atoms with van der Waals surface area (Å²) in [6.07, 6.45) is 0.571. The number of benzene rings is 2. The van der Waals surface area contributed by atoms with Gasteiger partial charge in [-0.05, 0) is 48.9 Å². The molecular weight excluding hydrogens is 436 g/mol. The van der Waals surface area contributed by atoms with Crippen LogP contribution in [0.3, 0.4) is 0 Å². The molecule has 2 saturated heterocycles. The molecule has 0 spiro atoms. The first-order chi connectivity index (χ1) is 15.5. The molecule has 172 valence electrons. The molecule has 4 N–H and O–H groups in total. The van der Waals surface area contributed by atoms with Gasteiger partial charge in [-0.15, -0.1) is 0 Å². The van der Waals surface area contributed by atoms with E-state index in [-0.39, 0.29) is 37.5 Å². The van der Waals surface area contributed by atoms with Crippen molar-refractivity contribution >= 4 is 41.7 Å². The summed E-state index contributed by atoms with van der Waals surface area (Å²) in [4.78, 5) is 33.2. The summed E-state index contributed by atoms with van der Waals surface area (Å²) < 4.78 is 11.1. The Hall–Kier alpha value is -3.14. The zero-order valence-corrected chi connectivity index (χ0v) is 18.5. The van der Waals surface area contributed by atoms with E-state index in [4.69, 9.17) is 30.7 Å². The number of nitrogens with zero attached hydrogens (tertiary/aromatic N) is 2. The molecule has 0 saturated carbocycles. The first kappa shape index (κ1) is 25.1. The number of carbonyl (C=O) groups excluding carboxylic acids is 3. The predicted molar refractivity (Wildman–Crippen MR) is 122 cm³/mol. The molecule has 9 nitrogen and oxygen atoms in total. The van der Waals surface area contributed by atoms with Crippen molar-refractivity contribution in [1.29, 1.82) is 0 Å². The lowest BCUT2D eigenvalue weighted by Gasteiger charge is -2.29. The minimum atomic E-state index is 0.00404. The fraction of sp³-hybridized carbons (Fsp3) is 0.318. The monoisotopic (exact) mass is 462 g/mol. The average molecular weight is 463 g/mol. The predicted octanol–water partition coefficient (Wildman–Crippen LogP) is 1.83. The van der Waals surface area contributed by atoms with Crippen molar-refractivity contribution in [3.8, 4) is 0 Å². The summed E-state index contributed by atoms with van der Waals surface area (Å²) in [5.74, 6) is 0.00404. The van der Waals surface area contributed by atoms with Crippen LogP contribution in [0.15, 0.2) is 48.5 Å². The third kappa shape index (κ3) is 6.43. The Labute approximate surface area is 191 Å². The molecule has 2 atom stereocenters. The highest BCUT2D eigenvalue weighted by Gasteiger charge is 2.33. The summed E-state index contributed by atoms with van der Waals surface area (Å²) in [5.41, 5.74) is 11.5. The van der Waals surface area contributed by atoms with Gasteiger partial charge in [0.2, 0.25) is 12.8 Å². The molecule has 4 rings (SSSR count). The Bertz CT molecular complexity index is 873. The Morgan fingerprint density at radius 3 is 2.12 bits per heavy atom. The van der Waals surface area contributed by atoms with Crippen LogP contribution in [0.4, 0.5) is 11.4 Å². The lowest BCUT2D eigenvalue weighted by atomic mass is 10.0. The van der Waals surface area contributed by atoms with Crippen LogP contribution in [-0.4, -0.2) is 51.3 Å². The van der Waals surface area contributed by atoms with Crippen LogP contribution in [0, 0.1) is 0 Å². The molecular formula is C22H27ClN4O5. The van der Waals surface area contributed by atoms with Crippen LogP contribution in [0.1, 0.15) is 18.5 Å². The van der Waals surface area contributed by atoms with E-state index in [0.717, 1.165) is 22.0 Å². The second-order valence-electron chi connectivity index (χ2n) is 6.85. The number of halogens is 1. The summed E-state index contributed by atoms with van der Waals surface area (Å²) in [6, 6.07) is 16.1. The zero-order chi connectivity index (χ0) is 23.5. The van der Waals surface area contributed by atoms with E-state index in [1.54, 1.807) is 4.90 Å². The highest BCUT2D eigenvalue weighted by molar-refractivity contribution is 6.30. The molecule has 2 heterocycles. The average Bonchev–Trinajstić information content (AvgIpc) is 3.17. The van der Waals surface area contributed by atoms with Crippen LogP contribution < -0.4 is 21.3 Å². The molecule has 2 fully saturated rings. The summed E-state index contributed by atoms with van der Waals surface area (Å²) >= 11 is 6.01. The molecule has 2 aromatic carbocycles. The van der Waals surface area contributed by atoms with Crippen molar-refractivity contribution in [1.82, 2.24) is 0 Å². The number of primary amides is 2. The van der Waals surface area contributed by atoms with Crippen molar-refractivity contribution in [2.75, 3.05) is 36.3 Å². The fourth-order valence-electron chi connectivity index (χ4n) is 3.58. The van der Waals surface area contributed by atoms with Gasteiger partial charge in [-0.2, -0.15) is 0 Å². The van der Waals surface area contributed by atoms with Gasteiger partial charge in [-0.3, -0.25) is 14.4 Å². The van der Waals surface area contributed by atoms with Gasteiger partial charge in [0.05, 0.1) is 18.8 Å². The first-order valence-corrected chi connectivity index (χ1v) is 10.3. The maximum atomic E-state index is 12.0. The van der Waals surface area contributed by atoms with Crippen LogP contribution >= 0.6 is 11.6 Å². The van der Waals surface area contributed by atoms with Gasteiger partial charge in [0.25, 0.3) is 5.91 Å². The quantitative estimate of drug-likeness (QED) is 0.669. The topological polar surface area (TPSA) is 128 Å². The molecule has 32 heavy (non-hydrogen) atoms. The Balaban J connectivity index is 0.000000547. The van der Waals surface area contributed by atoms with Crippen LogP contribution in [0.25, 0.3) is 0 Å². The standard InChI is InChI=1S/C20H21ClN2O3.2CH3NO/c1-14-20(23(13-26-14)18-8-4-16(21)5-9-18)15-2-6-17(7-3-15)22-10-11-25-12-19(22)24;2*2-1-3/h2-9,14,20H,10-13H2,1H3;2*1H,(H2,2,3)/t14-,20-;;/m0../s1. The number of rotatable bonds is 3. The van der Waals surface area contributed by atoms with E-state index in [2.05, 4.69) is 35.4 Å². The third-order valence-electron chi connectivity index (χ3n) is 4.95. The van der Waals surface area contributed by atoms with Crippen LogP contribution in [0.5, 0.6) is 0 Å². The Morgan fingerprint density at radius 2 is 1.56 bits per heavy atom. The molecule has 3 amide bonds. The number of hydrogen-bond acceptors (Lipinski definition) is 6. The molecule has 2 aliphatic heterocycles. The number of nitrogens with two attached hydrogens (primary N) is 2. The number of morpholine rings is 1. The fourth-order valence-corrected chi connectivity index (χ4v) is 3.71. The number of carbonyl (C=O) groups is 3. The lowest BCUT2D eigenvalue weighted by molar-refractivity contribution is -0.125. The Morgan fingerprint density at radius 1 is 1.00 bits per heavy atom. The molecule has 0 radical (unpaired) electrons. The van der Waals surface area contributed by atoms with E-state index < -0.39 is 0 Å². The van der Waals surface area contributed by atoms with Gasteiger partial charge >= 0.3 is 0 Å². The summed E-state index contributed by atoms with van der Waals surface area (Å²) in [5, 5.41) is 0.720. The molecule has 2 aliphatic rings. The second-order valence-corrected chi connectivity index (χ2v) is 7.29. The van der Waals surface area contributed by atoms with Crippen molar-refractivity contribution in [2.24, 2.45) is 11.5 Å². The molecule has 0 aliphatic carbocycles. The number of hydrogen-bond donors (Lipinski definition) is 2. The largest absolute Gasteiger partial charge is 0.372 e. The minimum absolute atomic E-state index is 0.00404. The number of amides is 3. The van der Waals surface area contributed by atoms with Gasteiger partial charge in [0, 0.05) is 22.9 Å². The SMILES string of the molecule is C[C@@H]1OCN(c2ccc(Cl)cc2)[C@@H]1c1ccc(N2CCOCC2=O)cc1.NC=O.NC=O. The van der Waals surface area contributed by atoms with E-state index in [9.17, 15) is 4.79 Å². The third-order valence-corrected chi connectivity index (χ3v) is 5.20. The van der Waals surface area contributed by atoms with E-state index in [0.29, 0.717) is 19.9 Å². The smallest absolute Gasteiger partial charge is 0.253 e. The molecule has 0 aromatic heterocycles. The second kappa shape index (κ2) is 12.7. The van der Waals surface area contributed by atoms with Crippen molar-refractivity contribution in [2.45, 2.75) is 19.1 Å². The maximum Gasteiger partial charge on any atom is 0.253 e. The normalized spacial score (nSPS) is 19.9. The molecule has 0 bridgehead atoms. The molecule has 0 unspecified atom stereocenters. The van der Waals surface area contributed by atoms with Crippen LogP contribution in [0.2, 0.25) is 5.02 Å². The highest BCUT2D eigenvalue weighted by Crippen LogP contribution is 2.37. The number of ether oxygens (including phenoxy) is 2. The van der Waals surface area contributed by atoms with Gasteiger partial charge in [-0.25, -0.2) is 0 Å². The maximum absolute atomic E-state index is 12.0. The van der Waals surface area contributed by atoms with Gasteiger partial charge in [-0.1, -0.05) is 23.7 Å². The van der Waals surface area contributed by atoms with Gasteiger partial charge in [0.1, 0.15) is 13.3 Å². The summed E-state index contributed by atoms with van der Waals surface area (Å²) in [7, 11) is 0. The van der Waals surface area contributed by atoms with E-state index in [1.165, 1.54) is 0 Å². The minimum Gasteiger partial charge on any atom is -0.372 e. The van der Waals surface area contributed by atoms with Crippen LogP contribution in [-0.2, 0) is 23.9 Å². The summed E-state index contributed by atoms with van der Waals surface area (Å²) in [6.45, 7) is 3.94. The van der Waals surface area contributed by atoms with Gasteiger partial charge < -0.3 is 30.7 Å². The first-order valence-electron chi connectivity index (χ1n) is 9.89. The molecule has 2 aromatic rings. The zero-order valence-electron chi connectivity index (χ0n) is 17.7. The van der Waals surface area contributed by atoms with Gasteiger partial charge in [0.15, 0.2) is 0 Å². The Kier molecular flexibility index (Phi) is 9.93. The van der Waals surface area contributed by atoms with Crippen molar-refractivity contribution < 1.29 is 23.9 Å². The van der Waals surface area contributed by atoms with Crippen molar-refractivity contribution in [3.63, 3.8) is 0 Å². The van der Waals surface area contributed by atoms with E-state index >= 15 is 0 Å². The number of anilines is 2.